The minimum absolute atomic E-state index is 0.579. The summed E-state index contributed by atoms with van der Waals surface area (Å²) in [4.78, 5) is 5.36. The van der Waals surface area contributed by atoms with Crippen molar-refractivity contribution in [3.63, 3.8) is 0 Å². The molecule has 3 aromatic carbocycles. The maximum absolute atomic E-state index is 5.29. The Balaban J connectivity index is 1.17. The van der Waals surface area contributed by atoms with Crippen molar-refractivity contribution in [2.75, 3.05) is 33.3 Å². The lowest BCUT2D eigenvalue weighted by molar-refractivity contribution is 0.0389. The molecule has 1 aliphatic rings. The van der Waals surface area contributed by atoms with Crippen LogP contribution in [0.2, 0.25) is 0 Å². The number of aromatic nitrogens is 1. The SMILES string of the molecule is COc1ccc(CCN2C(C)CN(CCCn3c4ccccc4c4ccccc43)CC2C)cc1. The Bertz CT molecular complexity index is 1160. The van der Waals surface area contributed by atoms with Crippen molar-refractivity contribution in [2.24, 2.45) is 0 Å². The van der Waals surface area contributed by atoms with Crippen molar-refractivity contribution < 1.29 is 4.74 Å². The van der Waals surface area contributed by atoms with E-state index in [4.69, 9.17) is 4.74 Å². The first-order valence-electron chi connectivity index (χ1n) is 12.7. The normalized spacial score (nSPS) is 19.7. The van der Waals surface area contributed by atoms with Crippen molar-refractivity contribution in [3.8, 4) is 5.75 Å². The Morgan fingerprint density at radius 2 is 1.32 bits per heavy atom. The average molecular weight is 456 g/mol. The molecule has 1 aromatic heterocycles. The van der Waals surface area contributed by atoms with Gasteiger partial charge in [-0.05, 0) is 63.1 Å². The fraction of sp³-hybridized carbons (Fsp3) is 0.400. The van der Waals surface area contributed by atoms with Gasteiger partial charge in [-0.2, -0.15) is 0 Å². The Hall–Kier alpha value is -2.82. The molecule has 178 valence electrons. The van der Waals surface area contributed by atoms with Crippen LogP contribution in [0.25, 0.3) is 21.8 Å². The van der Waals surface area contributed by atoms with E-state index in [-0.39, 0.29) is 0 Å². The summed E-state index contributed by atoms with van der Waals surface area (Å²) < 4.78 is 7.81. The van der Waals surface area contributed by atoms with Gasteiger partial charge in [0.2, 0.25) is 0 Å². The number of aryl methyl sites for hydroxylation is 1. The number of rotatable bonds is 8. The number of nitrogens with zero attached hydrogens (tertiary/aromatic N) is 3. The standard InChI is InChI=1S/C30H37N3O/c1-23-21-31(22-24(2)32(23)20-17-25-13-15-26(34-3)16-14-25)18-8-19-33-29-11-6-4-9-27(29)28-10-5-7-12-30(28)33/h4-7,9-16,23-24H,8,17-22H2,1-3H3. The Labute approximate surface area is 203 Å². The topological polar surface area (TPSA) is 20.6 Å². The average Bonchev–Trinajstić information content (AvgIpc) is 3.18. The summed E-state index contributed by atoms with van der Waals surface area (Å²) >= 11 is 0. The van der Waals surface area contributed by atoms with E-state index >= 15 is 0 Å². The molecule has 2 heterocycles. The summed E-state index contributed by atoms with van der Waals surface area (Å²) in [6.45, 7) is 10.4. The van der Waals surface area contributed by atoms with Gasteiger partial charge in [0.05, 0.1) is 7.11 Å². The predicted octanol–water partition coefficient (Wildman–Crippen LogP) is 5.83. The lowest BCUT2D eigenvalue weighted by atomic mass is 10.1. The van der Waals surface area contributed by atoms with Gasteiger partial charge >= 0.3 is 0 Å². The quantitative estimate of drug-likeness (QED) is 0.333. The number of hydrogen-bond donors (Lipinski definition) is 0. The molecule has 1 fully saturated rings. The van der Waals surface area contributed by atoms with Gasteiger partial charge in [0.15, 0.2) is 0 Å². The van der Waals surface area contributed by atoms with Crippen LogP contribution in [-0.4, -0.2) is 59.7 Å². The van der Waals surface area contributed by atoms with Gasteiger partial charge < -0.3 is 14.2 Å². The molecular weight excluding hydrogens is 418 g/mol. The number of methoxy groups -OCH3 is 1. The molecular formula is C30H37N3O. The molecule has 0 radical (unpaired) electrons. The van der Waals surface area contributed by atoms with Crippen LogP contribution in [0, 0.1) is 0 Å². The number of piperazine rings is 1. The Morgan fingerprint density at radius 3 is 1.91 bits per heavy atom. The molecule has 4 aromatic rings. The maximum atomic E-state index is 5.29. The number of ether oxygens (including phenoxy) is 1. The molecule has 0 aliphatic carbocycles. The van der Waals surface area contributed by atoms with Crippen molar-refractivity contribution in [2.45, 2.75) is 45.3 Å². The fourth-order valence-electron chi connectivity index (χ4n) is 5.84. The van der Waals surface area contributed by atoms with Gasteiger partial charge in [0.25, 0.3) is 0 Å². The monoisotopic (exact) mass is 455 g/mol. The summed E-state index contributed by atoms with van der Waals surface area (Å²) in [5.74, 6) is 0.931. The zero-order valence-corrected chi connectivity index (χ0v) is 20.8. The third kappa shape index (κ3) is 4.70. The van der Waals surface area contributed by atoms with Crippen LogP contribution in [0.3, 0.4) is 0 Å². The van der Waals surface area contributed by atoms with Crippen molar-refractivity contribution >= 4 is 21.8 Å². The molecule has 1 saturated heterocycles. The molecule has 34 heavy (non-hydrogen) atoms. The highest BCUT2D eigenvalue weighted by Crippen LogP contribution is 2.29. The van der Waals surface area contributed by atoms with E-state index in [0.29, 0.717) is 12.1 Å². The van der Waals surface area contributed by atoms with Crippen LogP contribution in [0.4, 0.5) is 0 Å². The summed E-state index contributed by atoms with van der Waals surface area (Å²) in [6.07, 6.45) is 2.26. The zero-order chi connectivity index (χ0) is 23.5. The number of benzene rings is 3. The van der Waals surface area contributed by atoms with Crippen LogP contribution in [0.1, 0.15) is 25.8 Å². The van der Waals surface area contributed by atoms with Crippen molar-refractivity contribution in [3.05, 3.63) is 78.4 Å². The van der Waals surface area contributed by atoms with Gasteiger partial charge in [-0.1, -0.05) is 48.5 Å². The van der Waals surface area contributed by atoms with Crippen LogP contribution in [-0.2, 0) is 13.0 Å². The van der Waals surface area contributed by atoms with Gasteiger partial charge in [0.1, 0.15) is 5.75 Å². The van der Waals surface area contributed by atoms with Gasteiger partial charge in [0, 0.05) is 60.1 Å². The largest absolute Gasteiger partial charge is 0.497 e. The highest BCUT2D eigenvalue weighted by atomic mass is 16.5. The molecule has 0 saturated carbocycles. The summed E-state index contributed by atoms with van der Waals surface area (Å²) in [6, 6.07) is 27.3. The molecule has 4 nitrogen and oxygen atoms in total. The summed E-state index contributed by atoms with van der Waals surface area (Å²) in [7, 11) is 1.72. The molecule has 0 spiro atoms. The number of fused-ring (bicyclic) bond motifs is 3. The molecule has 2 unspecified atom stereocenters. The predicted molar refractivity (Wildman–Crippen MR) is 143 cm³/mol. The Kier molecular flexibility index (Phi) is 6.89. The Morgan fingerprint density at radius 1 is 0.735 bits per heavy atom. The lowest BCUT2D eigenvalue weighted by Crippen LogP contribution is -2.57. The second kappa shape index (κ2) is 10.2. The first-order valence-corrected chi connectivity index (χ1v) is 12.7. The molecule has 1 aliphatic heterocycles. The van der Waals surface area contributed by atoms with E-state index < -0.39 is 0 Å². The van der Waals surface area contributed by atoms with Crippen LogP contribution in [0.15, 0.2) is 72.8 Å². The van der Waals surface area contributed by atoms with E-state index in [1.807, 2.05) is 0 Å². The smallest absolute Gasteiger partial charge is 0.118 e. The van der Waals surface area contributed by atoms with E-state index in [1.54, 1.807) is 7.11 Å². The maximum Gasteiger partial charge on any atom is 0.118 e. The molecule has 4 heteroatoms. The van der Waals surface area contributed by atoms with E-state index in [2.05, 4.69) is 101 Å². The van der Waals surface area contributed by atoms with Crippen LogP contribution in [0.5, 0.6) is 5.75 Å². The highest BCUT2D eigenvalue weighted by molar-refractivity contribution is 6.07. The van der Waals surface area contributed by atoms with Gasteiger partial charge in [-0.15, -0.1) is 0 Å². The molecule has 0 amide bonds. The van der Waals surface area contributed by atoms with Gasteiger partial charge in [-0.3, -0.25) is 4.90 Å². The van der Waals surface area contributed by atoms with Gasteiger partial charge in [-0.25, -0.2) is 0 Å². The lowest BCUT2D eigenvalue weighted by Gasteiger charge is -2.44. The second-order valence-corrected chi connectivity index (χ2v) is 9.83. The second-order valence-electron chi connectivity index (χ2n) is 9.83. The van der Waals surface area contributed by atoms with Crippen molar-refractivity contribution in [1.82, 2.24) is 14.4 Å². The first kappa shape index (κ1) is 22.9. The van der Waals surface area contributed by atoms with Crippen molar-refractivity contribution in [1.29, 1.82) is 0 Å². The van der Waals surface area contributed by atoms with E-state index in [9.17, 15) is 0 Å². The number of para-hydroxylation sites is 2. The number of hydrogen-bond acceptors (Lipinski definition) is 3. The zero-order valence-electron chi connectivity index (χ0n) is 20.8. The van der Waals surface area contributed by atoms with E-state index in [1.165, 1.54) is 33.8 Å². The molecule has 5 rings (SSSR count). The third-order valence-electron chi connectivity index (χ3n) is 7.53. The molecule has 0 N–H and O–H groups in total. The third-order valence-corrected chi connectivity index (χ3v) is 7.53. The minimum atomic E-state index is 0.579. The molecule has 0 bridgehead atoms. The van der Waals surface area contributed by atoms with E-state index in [0.717, 1.165) is 44.9 Å². The highest BCUT2D eigenvalue weighted by Gasteiger charge is 2.28. The summed E-state index contributed by atoms with van der Waals surface area (Å²) in [5, 5.41) is 2.73. The fourth-order valence-corrected chi connectivity index (χ4v) is 5.84. The first-order chi connectivity index (χ1) is 16.6. The summed E-state index contributed by atoms with van der Waals surface area (Å²) in [5.41, 5.74) is 4.09. The minimum Gasteiger partial charge on any atom is -0.497 e. The van der Waals surface area contributed by atoms with Crippen LogP contribution >= 0.6 is 0 Å². The van der Waals surface area contributed by atoms with Crippen LogP contribution < -0.4 is 4.74 Å². The molecule has 2 atom stereocenters.